The van der Waals surface area contributed by atoms with Gasteiger partial charge in [-0.1, -0.05) is 50.5 Å². The summed E-state index contributed by atoms with van der Waals surface area (Å²) < 4.78 is 10.1. The minimum Gasteiger partial charge on any atom is -0.353 e. The van der Waals surface area contributed by atoms with Crippen LogP contribution in [0.25, 0.3) is 0 Å². The van der Waals surface area contributed by atoms with E-state index in [0.717, 1.165) is 43.3 Å². The van der Waals surface area contributed by atoms with Crippen LogP contribution in [0.5, 0.6) is 0 Å². The number of hydrogen-bond donors (Lipinski definition) is 0. The van der Waals surface area contributed by atoms with E-state index in [2.05, 4.69) is 26.1 Å². The van der Waals surface area contributed by atoms with E-state index in [1.165, 1.54) is 31.2 Å². The van der Waals surface area contributed by atoms with E-state index in [1.54, 1.807) is 0 Å². The normalized spacial score (nSPS) is 19.0. The number of carbonyl (C=O) groups is 1. The van der Waals surface area contributed by atoms with Crippen molar-refractivity contribution in [1.82, 2.24) is 0 Å². The molecule has 2 rings (SSSR count). The van der Waals surface area contributed by atoms with Crippen molar-refractivity contribution in [2.45, 2.75) is 66.1 Å². The largest absolute Gasteiger partial charge is 0.353 e. The van der Waals surface area contributed by atoms with Crippen LogP contribution in [0.4, 0.5) is 0 Å². The molecule has 0 aliphatic heterocycles. The molecule has 1 fully saturated rings. The van der Waals surface area contributed by atoms with Gasteiger partial charge in [0, 0.05) is 18.8 Å². The van der Waals surface area contributed by atoms with Crippen LogP contribution in [0.15, 0.2) is 37.4 Å². The number of rotatable bonds is 7. The van der Waals surface area contributed by atoms with E-state index in [0.29, 0.717) is 0 Å². The molecule has 148 valence electrons. The average Bonchev–Trinajstić information content (AvgIpc) is 2.67. The Hall–Kier alpha value is -1.45. The Morgan fingerprint density at radius 2 is 1.69 bits per heavy atom. The smallest absolute Gasteiger partial charge is 0.154 e. The van der Waals surface area contributed by atoms with Crippen molar-refractivity contribution < 1.29 is 14.3 Å². The van der Waals surface area contributed by atoms with Gasteiger partial charge in [-0.05, 0) is 51.0 Å². The lowest BCUT2D eigenvalue weighted by atomic mass is 9.77. The SMILES string of the molecule is C=C.CC1CCCCC1Cc1ccccc1C=O.CCOC(C)OCC. The summed E-state index contributed by atoms with van der Waals surface area (Å²) in [6.45, 7) is 15.6. The van der Waals surface area contributed by atoms with Crippen molar-refractivity contribution >= 4 is 6.29 Å². The molecule has 0 bridgehead atoms. The van der Waals surface area contributed by atoms with Crippen molar-refractivity contribution in [3.63, 3.8) is 0 Å². The Bertz CT molecular complexity index is 466. The Balaban J connectivity index is 0.000000533. The molecule has 0 radical (unpaired) electrons. The first-order valence-corrected chi connectivity index (χ1v) is 9.88. The molecule has 3 heteroatoms. The van der Waals surface area contributed by atoms with Gasteiger partial charge in [0.05, 0.1) is 0 Å². The molecular formula is C23H38O3. The van der Waals surface area contributed by atoms with E-state index in [4.69, 9.17) is 9.47 Å². The molecule has 1 aliphatic carbocycles. The highest BCUT2D eigenvalue weighted by Gasteiger charge is 2.22. The lowest BCUT2D eigenvalue weighted by Crippen LogP contribution is -2.19. The number of ether oxygens (including phenoxy) is 2. The predicted octanol–water partition coefficient (Wildman–Crippen LogP) is 6.08. The summed E-state index contributed by atoms with van der Waals surface area (Å²) in [5.74, 6) is 1.59. The zero-order valence-corrected chi connectivity index (χ0v) is 17.2. The van der Waals surface area contributed by atoms with Gasteiger partial charge in [0.1, 0.15) is 6.29 Å². The number of benzene rings is 1. The topological polar surface area (TPSA) is 35.5 Å². The van der Waals surface area contributed by atoms with Gasteiger partial charge in [-0.2, -0.15) is 0 Å². The molecule has 3 nitrogen and oxygen atoms in total. The van der Waals surface area contributed by atoms with Gasteiger partial charge in [0.15, 0.2) is 6.29 Å². The van der Waals surface area contributed by atoms with Gasteiger partial charge in [-0.3, -0.25) is 4.79 Å². The third-order valence-electron chi connectivity index (χ3n) is 4.76. The molecule has 2 atom stereocenters. The third-order valence-corrected chi connectivity index (χ3v) is 4.76. The van der Waals surface area contributed by atoms with Crippen LogP contribution in [0.3, 0.4) is 0 Å². The van der Waals surface area contributed by atoms with Crippen LogP contribution >= 0.6 is 0 Å². The van der Waals surface area contributed by atoms with Gasteiger partial charge < -0.3 is 9.47 Å². The summed E-state index contributed by atoms with van der Waals surface area (Å²) in [4.78, 5) is 11.0. The van der Waals surface area contributed by atoms with E-state index in [-0.39, 0.29) is 6.29 Å². The summed E-state index contributed by atoms with van der Waals surface area (Å²) in [5.41, 5.74) is 2.11. The van der Waals surface area contributed by atoms with Gasteiger partial charge in [0.25, 0.3) is 0 Å². The van der Waals surface area contributed by atoms with E-state index in [1.807, 2.05) is 39.0 Å². The lowest BCUT2D eigenvalue weighted by molar-refractivity contribution is -0.123. The molecule has 0 amide bonds. The molecule has 1 aliphatic rings. The summed E-state index contributed by atoms with van der Waals surface area (Å²) >= 11 is 0. The minimum absolute atomic E-state index is 0.0370. The second-order valence-corrected chi connectivity index (χ2v) is 6.52. The fraction of sp³-hybridized carbons (Fsp3) is 0.609. The van der Waals surface area contributed by atoms with Crippen molar-refractivity contribution in [2.24, 2.45) is 11.8 Å². The molecule has 0 N–H and O–H groups in total. The average molecular weight is 363 g/mol. The minimum atomic E-state index is -0.0370. The maximum absolute atomic E-state index is 11.0. The first-order valence-electron chi connectivity index (χ1n) is 9.88. The van der Waals surface area contributed by atoms with Gasteiger partial charge >= 0.3 is 0 Å². The molecule has 26 heavy (non-hydrogen) atoms. The van der Waals surface area contributed by atoms with Crippen molar-refractivity contribution in [3.8, 4) is 0 Å². The molecule has 0 spiro atoms. The molecule has 0 aromatic heterocycles. The second-order valence-electron chi connectivity index (χ2n) is 6.52. The second kappa shape index (κ2) is 15.8. The van der Waals surface area contributed by atoms with E-state index >= 15 is 0 Å². The Kier molecular flexibility index (Phi) is 14.9. The first kappa shape index (κ1) is 24.6. The highest BCUT2D eigenvalue weighted by molar-refractivity contribution is 5.77. The summed E-state index contributed by atoms with van der Waals surface area (Å²) in [6.07, 6.45) is 7.46. The van der Waals surface area contributed by atoms with Crippen LogP contribution in [0.2, 0.25) is 0 Å². The lowest BCUT2D eigenvalue weighted by Gasteiger charge is -2.29. The summed E-state index contributed by atoms with van der Waals surface area (Å²) in [7, 11) is 0. The van der Waals surface area contributed by atoms with Crippen molar-refractivity contribution in [1.29, 1.82) is 0 Å². The van der Waals surface area contributed by atoms with Crippen LogP contribution < -0.4 is 0 Å². The first-order chi connectivity index (χ1) is 12.6. The predicted molar refractivity (Wildman–Crippen MR) is 111 cm³/mol. The Morgan fingerprint density at radius 3 is 2.23 bits per heavy atom. The maximum Gasteiger partial charge on any atom is 0.154 e. The molecule has 1 saturated carbocycles. The molecule has 2 unspecified atom stereocenters. The zero-order chi connectivity index (χ0) is 19.8. The highest BCUT2D eigenvalue weighted by atomic mass is 16.7. The highest BCUT2D eigenvalue weighted by Crippen LogP contribution is 2.32. The number of hydrogen-bond acceptors (Lipinski definition) is 3. The van der Waals surface area contributed by atoms with Crippen molar-refractivity contribution in [2.75, 3.05) is 13.2 Å². The molecular weight excluding hydrogens is 324 g/mol. The van der Waals surface area contributed by atoms with E-state index < -0.39 is 0 Å². The van der Waals surface area contributed by atoms with Gasteiger partial charge in [-0.15, -0.1) is 13.2 Å². The molecule has 0 saturated heterocycles. The van der Waals surface area contributed by atoms with Crippen LogP contribution in [-0.2, 0) is 15.9 Å². The fourth-order valence-corrected chi connectivity index (χ4v) is 3.33. The zero-order valence-electron chi connectivity index (χ0n) is 17.2. The standard InChI is InChI=1S/C15H20O.C6H14O2.C2H4/c1-12-6-2-3-7-13(12)10-14-8-4-5-9-15(14)11-16;1-4-7-6(3)8-5-2;1-2/h4-5,8-9,11-13H,2-3,6-7,10H2,1H3;6H,4-5H2,1-3H3;1-2H2. The Labute approximate surface area is 160 Å². The van der Waals surface area contributed by atoms with Crippen LogP contribution in [-0.4, -0.2) is 25.8 Å². The summed E-state index contributed by atoms with van der Waals surface area (Å²) in [5, 5.41) is 0. The fourth-order valence-electron chi connectivity index (χ4n) is 3.33. The van der Waals surface area contributed by atoms with E-state index in [9.17, 15) is 4.79 Å². The Morgan fingerprint density at radius 1 is 1.12 bits per heavy atom. The van der Waals surface area contributed by atoms with Crippen molar-refractivity contribution in [3.05, 3.63) is 48.6 Å². The number of carbonyl (C=O) groups excluding carboxylic acids is 1. The molecule has 1 aromatic rings. The monoisotopic (exact) mass is 362 g/mol. The summed E-state index contributed by atoms with van der Waals surface area (Å²) in [6, 6.07) is 8.01. The molecule has 0 heterocycles. The van der Waals surface area contributed by atoms with Crippen LogP contribution in [0.1, 0.15) is 69.3 Å². The van der Waals surface area contributed by atoms with Gasteiger partial charge in [0.2, 0.25) is 0 Å². The quantitative estimate of drug-likeness (QED) is 0.335. The number of aldehydes is 1. The van der Waals surface area contributed by atoms with Gasteiger partial charge in [-0.25, -0.2) is 0 Å². The maximum atomic E-state index is 11.0. The third kappa shape index (κ3) is 9.88. The van der Waals surface area contributed by atoms with Crippen LogP contribution in [0, 0.1) is 11.8 Å². The molecule has 1 aromatic carbocycles.